The third-order valence-corrected chi connectivity index (χ3v) is 1.59. The van der Waals surface area contributed by atoms with E-state index in [4.69, 9.17) is 0 Å². The van der Waals surface area contributed by atoms with Gasteiger partial charge in [-0.3, -0.25) is 4.68 Å². The Morgan fingerprint density at radius 1 is 1.54 bits per heavy atom. The molecule has 0 aromatic carbocycles. The third kappa shape index (κ3) is 2.75. The lowest BCUT2D eigenvalue weighted by atomic mass is 10.3. The summed E-state index contributed by atoms with van der Waals surface area (Å²) in [5.41, 5.74) is -0.941. The molecule has 5 heteroatoms. The molecule has 1 rings (SSSR count). The zero-order valence-electron chi connectivity index (χ0n) is 7.23. The lowest BCUT2D eigenvalue weighted by Gasteiger charge is -2.01. The number of aromatic nitrogens is 2. The molecular weight excluding hydrogens is 181 g/mol. The molecule has 0 saturated heterocycles. The van der Waals surface area contributed by atoms with Crippen LogP contribution in [0.4, 0.5) is 13.2 Å². The number of aryl methyl sites for hydroxylation is 1. The summed E-state index contributed by atoms with van der Waals surface area (Å²) >= 11 is 0. The van der Waals surface area contributed by atoms with Crippen molar-refractivity contribution in [1.29, 1.82) is 0 Å². The van der Waals surface area contributed by atoms with Crippen molar-refractivity contribution in [3.8, 4) is 0 Å². The monoisotopic (exact) mass is 191 g/mol. The second-order valence-electron chi connectivity index (χ2n) is 2.74. The summed E-state index contributed by atoms with van der Waals surface area (Å²) in [6.45, 7) is 2.49. The van der Waals surface area contributed by atoms with Crippen LogP contribution in [0.3, 0.4) is 0 Å². The topological polar surface area (TPSA) is 17.8 Å². The van der Waals surface area contributed by atoms with Gasteiger partial charge in [-0.05, 0) is 6.42 Å². The fraction of sp³-hybridized carbons (Fsp3) is 0.625. The van der Waals surface area contributed by atoms with Gasteiger partial charge in [0.15, 0.2) is 5.69 Å². The second-order valence-corrected chi connectivity index (χ2v) is 2.74. The number of alkyl halides is 3. The first-order valence-electron chi connectivity index (χ1n) is 4.06. The van der Waals surface area contributed by atoms with E-state index in [2.05, 4.69) is 11.2 Å². The zero-order chi connectivity index (χ0) is 9.90. The molecule has 0 aliphatic carbocycles. The van der Waals surface area contributed by atoms with Crippen molar-refractivity contribution in [3.63, 3.8) is 0 Å². The van der Waals surface area contributed by atoms with Crippen LogP contribution in [0.25, 0.3) is 0 Å². The summed E-state index contributed by atoms with van der Waals surface area (Å²) in [5, 5.41) is 3.36. The molecule has 1 heterocycles. The number of nitrogens with zero attached hydrogens (tertiary/aromatic N) is 2. The standard InChI is InChI=1S/C8H10F3N2/c1-2-3-5-13-6-4-7(12-13)8(9,10)11/h6H,2-3,5H2,1H3. The molecule has 0 N–H and O–H groups in total. The maximum absolute atomic E-state index is 12.0. The van der Waals surface area contributed by atoms with Crippen LogP contribution in [0.15, 0.2) is 6.20 Å². The summed E-state index contributed by atoms with van der Waals surface area (Å²) in [7, 11) is 0. The van der Waals surface area contributed by atoms with Crippen molar-refractivity contribution < 1.29 is 13.2 Å². The van der Waals surface area contributed by atoms with Gasteiger partial charge in [-0.1, -0.05) is 13.3 Å². The van der Waals surface area contributed by atoms with Crippen LogP contribution in [0, 0.1) is 6.07 Å². The smallest absolute Gasteiger partial charge is 0.272 e. The molecule has 0 spiro atoms. The molecule has 0 saturated carbocycles. The Kier molecular flexibility index (Phi) is 2.95. The van der Waals surface area contributed by atoms with Gasteiger partial charge >= 0.3 is 6.18 Å². The second kappa shape index (κ2) is 3.81. The van der Waals surface area contributed by atoms with Gasteiger partial charge in [0.05, 0.1) is 0 Å². The fourth-order valence-corrected chi connectivity index (χ4v) is 0.895. The highest BCUT2D eigenvalue weighted by molar-refractivity contribution is 5.00. The van der Waals surface area contributed by atoms with Crippen LogP contribution in [-0.4, -0.2) is 9.78 Å². The Morgan fingerprint density at radius 3 is 2.69 bits per heavy atom. The van der Waals surface area contributed by atoms with E-state index >= 15 is 0 Å². The molecule has 0 aliphatic rings. The number of halogens is 3. The molecular formula is C8H10F3N2. The Bertz CT molecular complexity index is 265. The minimum Gasteiger partial charge on any atom is -0.272 e. The van der Waals surface area contributed by atoms with Crippen LogP contribution in [-0.2, 0) is 12.7 Å². The van der Waals surface area contributed by atoms with E-state index in [0.29, 0.717) is 6.54 Å². The molecule has 1 aromatic heterocycles. The molecule has 1 aromatic rings. The number of hydrogen-bond acceptors (Lipinski definition) is 1. The average molecular weight is 191 g/mol. The highest BCUT2D eigenvalue weighted by Crippen LogP contribution is 2.26. The fourth-order valence-electron chi connectivity index (χ4n) is 0.895. The summed E-state index contributed by atoms with van der Waals surface area (Å²) in [6, 6.07) is 2.08. The number of rotatable bonds is 3. The maximum atomic E-state index is 12.0. The highest BCUT2D eigenvalue weighted by atomic mass is 19.4. The van der Waals surface area contributed by atoms with Crippen LogP contribution in [0.2, 0.25) is 0 Å². The van der Waals surface area contributed by atoms with Gasteiger partial charge in [0.25, 0.3) is 0 Å². The first-order valence-corrected chi connectivity index (χ1v) is 4.06. The van der Waals surface area contributed by atoms with Gasteiger partial charge in [-0.25, -0.2) is 0 Å². The molecule has 0 aliphatic heterocycles. The van der Waals surface area contributed by atoms with Gasteiger partial charge < -0.3 is 0 Å². The molecule has 0 fully saturated rings. The SMILES string of the molecule is CCCCn1c[c]c(C(F)(F)F)n1. The Morgan fingerprint density at radius 2 is 2.23 bits per heavy atom. The average Bonchev–Trinajstić information content (AvgIpc) is 2.47. The van der Waals surface area contributed by atoms with Crippen molar-refractivity contribution in [1.82, 2.24) is 9.78 Å². The van der Waals surface area contributed by atoms with E-state index in [-0.39, 0.29) is 0 Å². The maximum Gasteiger partial charge on any atom is 0.435 e. The number of hydrogen-bond donors (Lipinski definition) is 0. The molecule has 73 valence electrons. The largest absolute Gasteiger partial charge is 0.435 e. The van der Waals surface area contributed by atoms with Gasteiger partial charge in [0.1, 0.15) is 0 Å². The van der Waals surface area contributed by atoms with Crippen LogP contribution in [0.1, 0.15) is 25.5 Å². The van der Waals surface area contributed by atoms with E-state index in [9.17, 15) is 13.2 Å². The minimum absolute atomic E-state index is 0.517. The summed E-state index contributed by atoms with van der Waals surface area (Å²) < 4.78 is 37.3. The lowest BCUT2D eigenvalue weighted by Crippen LogP contribution is -2.08. The predicted octanol–water partition coefficient (Wildman–Crippen LogP) is 2.50. The molecule has 0 unspecified atom stereocenters. The van der Waals surface area contributed by atoms with Gasteiger partial charge in [-0.15, -0.1) is 0 Å². The van der Waals surface area contributed by atoms with Crippen molar-refractivity contribution in [2.75, 3.05) is 0 Å². The predicted molar refractivity (Wildman–Crippen MR) is 41.0 cm³/mol. The van der Waals surface area contributed by atoms with Crippen molar-refractivity contribution in [3.05, 3.63) is 18.0 Å². The van der Waals surface area contributed by atoms with Crippen LogP contribution >= 0.6 is 0 Å². The van der Waals surface area contributed by atoms with Crippen molar-refractivity contribution >= 4 is 0 Å². The van der Waals surface area contributed by atoms with Crippen LogP contribution in [0.5, 0.6) is 0 Å². The van der Waals surface area contributed by atoms with E-state index in [1.165, 1.54) is 10.9 Å². The number of unbranched alkanes of at least 4 members (excludes halogenated alkanes) is 1. The molecule has 13 heavy (non-hydrogen) atoms. The quantitative estimate of drug-likeness (QED) is 0.717. The highest BCUT2D eigenvalue weighted by Gasteiger charge is 2.33. The Balaban J connectivity index is 2.64. The molecule has 2 nitrogen and oxygen atoms in total. The minimum atomic E-state index is -4.38. The first-order chi connectivity index (χ1) is 6.04. The Labute approximate surface area is 74.4 Å². The molecule has 0 amide bonds. The molecule has 0 atom stereocenters. The third-order valence-electron chi connectivity index (χ3n) is 1.59. The summed E-state index contributed by atoms with van der Waals surface area (Å²) in [5.74, 6) is 0. The van der Waals surface area contributed by atoms with E-state index in [1.807, 2.05) is 6.92 Å². The molecule has 1 radical (unpaired) electrons. The van der Waals surface area contributed by atoms with E-state index < -0.39 is 11.9 Å². The Hall–Kier alpha value is -1.00. The van der Waals surface area contributed by atoms with Gasteiger partial charge in [0.2, 0.25) is 0 Å². The summed E-state index contributed by atoms with van der Waals surface area (Å²) in [6.07, 6.45) is -1.38. The zero-order valence-corrected chi connectivity index (χ0v) is 7.23. The normalized spacial score (nSPS) is 12.0. The van der Waals surface area contributed by atoms with Crippen LogP contribution < -0.4 is 0 Å². The van der Waals surface area contributed by atoms with E-state index in [0.717, 1.165) is 12.8 Å². The van der Waals surface area contributed by atoms with Gasteiger partial charge in [-0.2, -0.15) is 18.3 Å². The van der Waals surface area contributed by atoms with Crippen molar-refractivity contribution in [2.24, 2.45) is 0 Å². The molecule has 0 bridgehead atoms. The first kappa shape index (κ1) is 10.1. The summed E-state index contributed by atoms with van der Waals surface area (Å²) in [4.78, 5) is 0. The van der Waals surface area contributed by atoms with Gasteiger partial charge in [0, 0.05) is 18.8 Å². The van der Waals surface area contributed by atoms with E-state index in [1.54, 1.807) is 0 Å². The lowest BCUT2D eigenvalue weighted by molar-refractivity contribution is -0.141. The van der Waals surface area contributed by atoms with Crippen molar-refractivity contribution in [2.45, 2.75) is 32.5 Å².